The standard InChI is InChI=1S/C18H22N2O3/c1-12-8-13(2)19-17(9-12)14(3)20-23-11-15-6-7-16(21-4)10-18(15)22-5/h6-10H,11H2,1-5H3/b20-14+. The van der Waals surface area contributed by atoms with Gasteiger partial charge in [0, 0.05) is 17.3 Å². The topological polar surface area (TPSA) is 52.9 Å². The minimum atomic E-state index is 0.315. The molecule has 1 heterocycles. The highest BCUT2D eigenvalue weighted by atomic mass is 16.6. The molecule has 5 nitrogen and oxygen atoms in total. The molecule has 0 atom stereocenters. The predicted octanol–water partition coefficient (Wildman–Crippen LogP) is 3.66. The van der Waals surface area contributed by atoms with Gasteiger partial charge < -0.3 is 14.3 Å². The van der Waals surface area contributed by atoms with Gasteiger partial charge in [0.05, 0.1) is 19.9 Å². The van der Waals surface area contributed by atoms with E-state index < -0.39 is 0 Å². The number of benzene rings is 1. The SMILES string of the molecule is COc1ccc(CO/N=C(\C)c2cc(C)cc(C)n2)c(OC)c1. The minimum absolute atomic E-state index is 0.315. The Hall–Kier alpha value is -2.56. The quantitative estimate of drug-likeness (QED) is 0.603. The first kappa shape index (κ1) is 16.8. The van der Waals surface area contributed by atoms with Gasteiger partial charge in [-0.3, -0.25) is 4.98 Å². The lowest BCUT2D eigenvalue weighted by Gasteiger charge is -2.10. The maximum Gasteiger partial charge on any atom is 0.145 e. The fraction of sp³-hybridized carbons (Fsp3) is 0.333. The lowest BCUT2D eigenvalue weighted by atomic mass is 10.2. The molecule has 0 aliphatic carbocycles. The molecule has 0 aliphatic heterocycles. The van der Waals surface area contributed by atoms with E-state index in [1.54, 1.807) is 14.2 Å². The van der Waals surface area contributed by atoms with Crippen molar-refractivity contribution >= 4 is 5.71 Å². The Balaban J connectivity index is 2.08. The lowest BCUT2D eigenvalue weighted by Crippen LogP contribution is -2.02. The zero-order chi connectivity index (χ0) is 16.8. The third kappa shape index (κ3) is 4.45. The highest BCUT2D eigenvalue weighted by molar-refractivity contribution is 5.96. The first-order valence-corrected chi connectivity index (χ1v) is 7.36. The lowest BCUT2D eigenvalue weighted by molar-refractivity contribution is 0.128. The Bertz CT molecular complexity index is 691. The molecular weight excluding hydrogens is 292 g/mol. The van der Waals surface area contributed by atoms with Gasteiger partial charge in [-0.25, -0.2) is 0 Å². The third-order valence-corrected chi connectivity index (χ3v) is 3.38. The molecule has 0 aliphatic rings. The van der Waals surface area contributed by atoms with Crippen molar-refractivity contribution in [1.82, 2.24) is 4.98 Å². The summed E-state index contributed by atoms with van der Waals surface area (Å²) in [7, 11) is 3.24. The largest absolute Gasteiger partial charge is 0.497 e. The molecule has 0 fully saturated rings. The van der Waals surface area contributed by atoms with Crippen LogP contribution in [-0.4, -0.2) is 24.9 Å². The molecule has 0 saturated heterocycles. The molecule has 1 aromatic carbocycles. The molecule has 0 unspecified atom stereocenters. The molecule has 2 aromatic rings. The average Bonchev–Trinajstić information content (AvgIpc) is 2.54. The van der Waals surface area contributed by atoms with Crippen LogP contribution in [0.15, 0.2) is 35.5 Å². The Morgan fingerprint density at radius 2 is 1.87 bits per heavy atom. The number of rotatable bonds is 6. The fourth-order valence-electron chi connectivity index (χ4n) is 2.24. The molecule has 0 bridgehead atoms. The van der Waals surface area contributed by atoms with E-state index in [2.05, 4.69) is 10.1 Å². The molecule has 0 spiro atoms. The van der Waals surface area contributed by atoms with Crippen molar-refractivity contribution in [2.75, 3.05) is 14.2 Å². The zero-order valence-corrected chi connectivity index (χ0v) is 14.2. The van der Waals surface area contributed by atoms with Crippen LogP contribution < -0.4 is 9.47 Å². The molecule has 0 saturated carbocycles. The van der Waals surface area contributed by atoms with Crippen LogP contribution in [0, 0.1) is 13.8 Å². The maximum absolute atomic E-state index is 5.46. The second kappa shape index (κ2) is 7.63. The molecule has 0 radical (unpaired) electrons. The van der Waals surface area contributed by atoms with E-state index >= 15 is 0 Å². The van der Waals surface area contributed by atoms with Gasteiger partial charge in [-0.15, -0.1) is 0 Å². The number of hydrogen-bond donors (Lipinski definition) is 0. The third-order valence-electron chi connectivity index (χ3n) is 3.38. The van der Waals surface area contributed by atoms with Gasteiger partial charge in [0.2, 0.25) is 0 Å². The Kier molecular flexibility index (Phi) is 5.57. The van der Waals surface area contributed by atoms with Gasteiger partial charge >= 0.3 is 0 Å². The summed E-state index contributed by atoms with van der Waals surface area (Å²) in [5.74, 6) is 1.45. The monoisotopic (exact) mass is 314 g/mol. The van der Waals surface area contributed by atoms with E-state index in [1.807, 2.05) is 51.1 Å². The van der Waals surface area contributed by atoms with Crippen LogP contribution in [0.2, 0.25) is 0 Å². The number of oxime groups is 1. The van der Waals surface area contributed by atoms with Gasteiger partial charge in [0.1, 0.15) is 23.8 Å². The zero-order valence-electron chi connectivity index (χ0n) is 14.2. The van der Waals surface area contributed by atoms with Crippen LogP contribution in [0.4, 0.5) is 0 Å². The van der Waals surface area contributed by atoms with E-state index in [-0.39, 0.29) is 0 Å². The van der Waals surface area contributed by atoms with E-state index in [9.17, 15) is 0 Å². The Morgan fingerprint density at radius 1 is 1.09 bits per heavy atom. The summed E-state index contributed by atoms with van der Waals surface area (Å²) in [4.78, 5) is 9.92. The van der Waals surface area contributed by atoms with E-state index in [1.165, 1.54) is 0 Å². The normalized spacial score (nSPS) is 11.3. The van der Waals surface area contributed by atoms with Gasteiger partial charge in [-0.2, -0.15) is 0 Å². The number of hydrogen-bond acceptors (Lipinski definition) is 5. The number of aromatic nitrogens is 1. The Labute approximate surface area is 136 Å². The van der Waals surface area contributed by atoms with Crippen molar-refractivity contribution in [2.45, 2.75) is 27.4 Å². The van der Waals surface area contributed by atoms with Crippen molar-refractivity contribution in [3.8, 4) is 11.5 Å². The first-order valence-electron chi connectivity index (χ1n) is 7.36. The fourth-order valence-corrected chi connectivity index (χ4v) is 2.24. The van der Waals surface area contributed by atoms with E-state index in [0.29, 0.717) is 12.4 Å². The van der Waals surface area contributed by atoms with Crippen molar-refractivity contribution < 1.29 is 14.3 Å². The summed E-state index contributed by atoms with van der Waals surface area (Å²) in [6.45, 7) is 6.20. The summed E-state index contributed by atoms with van der Waals surface area (Å²) >= 11 is 0. The average molecular weight is 314 g/mol. The smallest absolute Gasteiger partial charge is 0.145 e. The predicted molar refractivity (Wildman–Crippen MR) is 90.3 cm³/mol. The van der Waals surface area contributed by atoms with Crippen LogP contribution in [0.25, 0.3) is 0 Å². The van der Waals surface area contributed by atoms with E-state index in [4.69, 9.17) is 14.3 Å². The summed E-state index contributed by atoms with van der Waals surface area (Å²) in [5.41, 5.74) is 4.58. The summed E-state index contributed by atoms with van der Waals surface area (Å²) in [5, 5.41) is 4.16. The number of nitrogens with zero attached hydrogens (tertiary/aromatic N) is 2. The maximum atomic E-state index is 5.46. The Morgan fingerprint density at radius 3 is 2.52 bits per heavy atom. The van der Waals surface area contributed by atoms with Gasteiger partial charge in [-0.1, -0.05) is 5.16 Å². The van der Waals surface area contributed by atoms with Crippen LogP contribution in [0.1, 0.15) is 29.4 Å². The first-order chi connectivity index (χ1) is 11.0. The van der Waals surface area contributed by atoms with Gasteiger partial charge in [0.25, 0.3) is 0 Å². The van der Waals surface area contributed by atoms with Crippen molar-refractivity contribution in [3.05, 3.63) is 52.8 Å². The van der Waals surface area contributed by atoms with Crippen LogP contribution in [0.3, 0.4) is 0 Å². The summed E-state index contributed by atoms with van der Waals surface area (Å²) in [6.07, 6.45) is 0. The second-order valence-corrected chi connectivity index (χ2v) is 5.30. The highest BCUT2D eigenvalue weighted by Gasteiger charge is 2.06. The number of pyridine rings is 1. The summed E-state index contributed by atoms with van der Waals surface area (Å²) < 4.78 is 10.5. The van der Waals surface area contributed by atoms with Crippen molar-refractivity contribution in [3.63, 3.8) is 0 Å². The molecule has 0 N–H and O–H groups in total. The molecule has 2 rings (SSSR count). The molecule has 5 heteroatoms. The number of aryl methyl sites for hydroxylation is 2. The van der Waals surface area contributed by atoms with Crippen molar-refractivity contribution in [2.24, 2.45) is 5.16 Å². The van der Waals surface area contributed by atoms with Crippen molar-refractivity contribution in [1.29, 1.82) is 0 Å². The molecular formula is C18H22N2O3. The van der Waals surface area contributed by atoms with Crippen LogP contribution in [0.5, 0.6) is 11.5 Å². The summed E-state index contributed by atoms with van der Waals surface area (Å²) in [6, 6.07) is 9.60. The minimum Gasteiger partial charge on any atom is -0.497 e. The van der Waals surface area contributed by atoms with Crippen LogP contribution >= 0.6 is 0 Å². The molecule has 23 heavy (non-hydrogen) atoms. The molecule has 0 amide bonds. The number of ether oxygens (including phenoxy) is 2. The van der Waals surface area contributed by atoms with E-state index in [0.717, 1.165) is 34.0 Å². The molecule has 122 valence electrons. The van der Waals surface area contributed by atoms with Gasteiger partial charge in [-0.05, 0) is 50.6 Å². The van der Waals surface area contributed by atoms with Crippen LogP contribution in [-0.2, 0) is 11.4 Å². The van der Waals surface area contributed by atoms with Gasteiger partial charge in [0.15, 0.2) is 0 Å². The number of methoxy groups -OCH3 is 2. The second-order valence-electron chi connectivity index (χ2n) is 5.30. The molecule has 1 aromatic heterocycles. The highest BCUT2D eigenvalue weighted by Crippen LogP contribution is 2.25.